The summed E-state index contributed by atoms with van der Waals surface area (Å²) in [7, 11) is 0. The molecule has 1 radical (unpaired) electrons. The standard InChI is InChI=1S/C3H8.H3N.H/c1-3-2;;/h3H2,1-2H3;1H3;/i;;1+1. The van der Waals surface area contributed by atoms with Gasteiger partial charge in [0.2, 0.25) is 0 Å². The normalized spacial score (nSPS) is 4.50. The molecule has 0 heterocycles. The minimum Gasteiger partial charge on any atom is -0.344 e. The molecule has 3 N–H and O–H groups in total. The van der Waals surface area contributed by atoms with Crippen molar-refractivity contribution in [3.05, 3.63) is 0 Å². The SMILES string of the molecule is CCC.N.[2H]. The van der Waals surface area contributed by atoms with Crippen LogP contribution in [0.3, 0.4) is 0 Å². The first-order valence-electron chi connectivity index (χ1n) is 1.41. The van der Waals surface area contributed by atoms with E-state index < -0.39 is 0 Å². The van der Waals surface area contributed by atoms with Crippen LogP contribution in [0.2, 0.25) is 0 Å². The molecule has 0 aliphatic carbocycles. The number of hydrogen-bond acceptors (Lipinski definition) is 1. The van der Waals surface area contributed by atoms with E-state index in [4.69, 9.17) is 0 Å². The summed E-state index contributed by atoms with van der Waals surface area (Å²) >= 11 is 0. The first-order chi connectivity index (χ1) is 1.41. The zero-order valence-electron chi connectivity index (χ0n) is 4.41. The summed E-state index contributed by atoms with van der Waals surface area (Å²) in [5, 5.41) is 0. The van der Waals surface area contributed by atoms with Gasteiger partial charge in [0.05, 0.1) is 0 Å². The molecule has 0 saturated carbocycles. The van der Waals surface area contributed by atoms with Gasteiger partial charge in [-0.1, -0.05) is 20.3 Å². The summed E-state index contributed by atoms with van der Waals surface area (Å²) in [4.78, 5) is 0. The Morgan fingerprint density at radius 1 is 1.50 bits per heavy atom. The zero-order chi connectivity index (χ0) is 2.71. The molecule has 0 saturated heterocycles. The van der Waals surface area contributed by atoms with E-state index >= 15 is 0 Å². The maximum atomic E-state index is 2.12. The Labute approximate surface area is 29.1 Å². The van der Waals surface area contributed by atoms with E-state index in [1.54, 1.807) is 0 Å². The average molecular weight is 63.1 g/mol. The van der Waals surface area contributed by atoms with E-state index in [9.17, 15) is 0 Å². The van der Waals surface area contributed by atoms with Crippen LogP contribution in [0.15, 0.2) is 0 Å². The van der Waals surface area contributed by atoms with Crippen molar-refractivity contribution in [1.82, 2.24) is 6.15 Å². The Morgan fingerprint density at radius 3 is 1.50 bits per heavy atom. The van der Waals surface area contributed by atoms with Crippen molar-refractivity contribution in [2.24, 2.45) is 0 Å². The first kappa shape index (κ1) is 9.03. The molecular weight excluding hydrogens is 50.0 g/mol. The summed E-state index contributed by atoms with van der Waals surface area (Å²) in [5.41, 5.74) is 0. The molecular formula is C3H12N. The lowest BCUT2D eigenvalue weighted by Crippen LogP contribution is -1.27. The second-order valence-electron chi connectivity index (χ2n) is 0.707. The summed E-state index contributed by atoms with van der Waals surface area (Å²) in [6.45, 7) is 4.25. The molecule has 0 bridgehead atoms. The van der Waals surface area contributed by atoms with Crippen LogP contribution in [0.1, 0.15) is 21.7 Å². The monoisotopic (exact) mass is 63.1 g/mol. The maximum Gasteiger partial charge on any atom is 0 e. The lowest BCUT2D eigenvalue weighted by atomic mass is 10.6. The fourth-order valence-electron chi connectivity index (χ4n) is 0. The molecule has 0 aliphatic rings. The molecule has 0 unspecified atom stereocenters. The van der Waals surface area contributed by atoms with E-state index in [1.165, 1.54) is 6.42 Å². The average Bonchev–Trinajstić information content (AvgIpc) is 0.918. The molecule has 1 heteroatoms. The summed E-state index contributed by atoms with van der Waals surface area (Å²) in [6, 6.07) is 0. The van der Waals surface area contributed by atoms with E-state index in [0.29, 0.717) is 0 Å². The molecule has 0 rings (SSSR count). The van der Waals surface area contributed by atoms with Gasteiger partial charge < -0.3 is 6.15 Å². The molecule has 29 valence electrons. The highest BCUT2D eigenvalue weighted by atomic mass is 14.0. The Kier molecular flexibility index (Phi) is 27.9. The van der Waals surface area contributed by atoms with Gasteiger partial charge in [0.15, 0.2) is 0 Å². The third kappa shape index (κ3) is 1130. The number of hydrogen-bond donors (Lipinski definition) is 1. The van der Waals surface area contributed by atoms with Gasteiger partial charge in [0.1, 0.15) is 0 Å². The highest BCUT2D eigenvalue weighted by Gasteiger charge is 1.35. The van der Waals surface area contributed by atoms with Crippen molar-refractivity contribution in [3.63, 3.8) is 0 Å². The van der Waals surface area contributed by atoms with Crippen molar-refractivity contribution < 1.29 is 1.43 Å². The van der Waals surface area contributed by atoms with Crippen LogP contribution in [0.4, 0.5) is 0 Å². The quantitative estimate of drug-likeness (QED) is 0.456. The molecule has 0 aromatic heterocycles. The van der Waals surface area contributed by atoms with E-state index in [-0.39, 0.29) is 7.58 Å². The Balaban J connectivity index is -0.0000000200. The summed E-state index contributed by atoms with van der Waals surface area (Å²) in [6.07, 6.45) is 1.25. The molecule has 0 atom stereocenters. The van der Waals surface area contributed by atoms with Crippen LogP contribution in [0.5, 0.6) is 0 Å². The van der Waals surface area contributed by atoms with Crippen LogP contribution in [-0.2, 0) is 0 Å². The van der Waals surface area contributed by atoms with Gasteiger partial charge in [0.25, 0.3) is 0 Å². The lowest BCUT2D eigenvalue weighted by molar-refractivity contribution is 1.09. The van der Waals surface area contributed by atoms with Gasteiger partial charge in [-0.05, 0) is 0 Å². The molecule has 4 heavy (non-hydrogen) atoms. The van der Waals surface area contributed by atoms with Gasteiger partial charge >= 0.3 is 0 Å². The Bertz CT molecular complexity index is 6.85. The molecule has 0 aromatic rings. The first-order valence-corrected chi connectivity index (χ1v) is 1.41. The lowest BCUT2D eigenvalue weighted by Gasteiger charge is -1.48. The fraction of sp³-hybridized carbons (Fsp3) is 1.00. The molecule has 0 amide bonds. The minimum absolute atomic E-state index is 0. The Morgan fingerprint density at radius 2 is 1.50 bits per heavy atom. The summed E-state index contributed by atoms with van der Waals surface area (Å²) in [5.74, 6) is 0. The molecule has 0 aromatic carbocycles. The molecule has 1 nitrogen and oxygen atoms in total. The van der Waals surface area contributed by atoms with E-state index in [2.05, 4.69) is 13.8 Å². The summed E-state index contributed by atoms with van der Waals surface area (Å²) < 4.78 is 0. The largest absolute Gasteiger partial charge is 0.344 e. The predicted octanol–water partition coefficient (Wildman–Crippen LogP) is 1.69. The van der Waals surface area contributed by atoms with Crippen molar-refractivity contribution >= 4 is 0 Å². The highest BCUT2D eigenvalue weighted by Crippen LogP contribution is 1.56. The smallest absolute Gasteiger partial charge is 0 e. The second kappa shape index (κ2) is 12.3. The van der Waals surface area contributed by atoms with Gasteiger partial charge in [-0.2, -0.15) is 0 Å². The minimum atomic E-state index is 0. The van der Waals surface area contributed by atoms with Gasteiger partial charge in [-0.25, -0.2) is 0 Å². The van der Waals surface area contributed by atoms with Crippen LogP contribution < -0.4 is 6.15 Å². The second-order valence-corrected chi connectivity index (χ2v) is 0.707. The Hall–Kier alpha value is -0.0400. The van der Waals surface area contributed by atoms with Crippen molar-refractivity contribution in [2.75, 3.05) is 0 Å². The highest BCUT2D eigenvalue weighted by molar-refractivity contribution is 3.92. The van der Waals surface area contributed by atoms with E-state index in [1.807, 2.05) is 0 Å². The van der Waals surface area contributed by atoms with Gasteiger partial charge in [-0.3, -0.25) is 0 Å². The zero-order valence-corrected chi connectivity index (χ0v) is 3.41. The van der Waals surface area contributed by atoms with Gasteiger partial charge in [0, 0.05) is 1.43 Å². The maximum absolute atomic E-state index is 2.12. The van der Waals surface area contributed by atoms with Crippen LogP contribution in [0.25, 0.3) is 0 Å². The van der Waals surface area contributed by atoms with Crippen molar-refractivity contribution in [1.29, 1.82) is 0 Å². The predicted molar refractivity (Wildman–Crippen MR) is 22.1 cm³/mol. The van der Waals surface area contributed by atoms with Crippen LogP contribution >= 0.6 is 0 Å². The topological polar surface area (TPSA) is 35.0 Å². The van der Waals surface area contributed by atoms with Crippen molar-refractivity contribution in [3.8, 4) is 0 Å². The third-order valence-electron chi connectivity index (χ3n) is 0. The molecule has 0 fully saturated rings. The fourth-order valence-corrected chi connectivity index (χ4v) is 0. The van der Waals surface area contributed by atoms with Crippen LogP contribution in [0, 0.1) is 0 Å². The third-order valence-corrected chi connectivity index (χ3v) is 0. The van der Waals surface area contributed by atoms with E-state index in [0.717, 1.165) is 0 Å². The number of rotatable bonds is 0. The van der Waals surface area contributed by atoms with Crippen LogP contribution in [-0.4, -0.2) is 0 Å². The van der Waals surface area contributed by atoms with Crippen molar-refractivity contribution in [2.45, 2.75) is 20.3 Å². The van der Waals surface area contributed by atoms with Gasteiger partial charge in [-0.15, -0.1) is 0 Å². The molecule has 0 spiro atoms. The molecule has 0 aliphatic heterocycles.